The van der Waals surface area contributed by atoms with Crippen LogP contribution in [0, 0.1) is 0 Å². The molecule has 0 aliphatic rings. The Morgan fingerprint density at radius 2 is 1.68 bits per heavy atom. The molecule has 0 saturated carbocycles. The van der Waals surface area contributed by atoms with E-state index in [1.807, 2.05) is 0 Å². The van der Waals surface area contributed by atoms with Gasteiger partial charge >= 0.3 is 5.69 Å². The van der Waals surface area contributed by atoms with Crippen LogP contribution in [0.1, 0.15) is 0 Å². The van der Waals surface area contributed by atoms with Crippen molar-refractivity contribution in [3.8, 4) is 22.8 Å². The van der Waals surface area contributed by atoms with Crippen LogP contribution in [0.5, 0.6) is 11.5 Å². The van der Waals surface area contributed by atoms with E-state index in [9.17, 15) is 9.59 Å². The molecule has 9 heteroatoms. The Morgan fingerprint density at radius 1 is 1.00 bits per heavy atom. The van der Waals surface area contributed by atoms with Crippen molar-refractivity contribution in [1.29, 1.82) is 0 Å². The number of hydrogen-bond donors (Lipinski definition) is 1. The van der Waals surface area contributed by atoms with Gasteiger partial charge in [-0.05, 0) is 18.2 Å². The molecule has 2 heterocycles. The van der Waals surface area contributed by atoms with Crippen LogP contribution in [0.15, 0.2) is 27.8 Å². The summed E-state index contributed by atoms with van der Waals surface area (Å²) < 4.78 is 12.7. The van der Waals surface area contributed by atoms with Crippen LogP contribution in [0.25, 0.3) is 22.4 Å². The summed E-state index contributed by atoms with van der Waals surface area (Å²) in [5, 5.41) is 0. The van der Waals surface area contributed by atoms with Gasteiger partial charge in [-0.25, -0.2) is 14.8 Å². The Hall–Kier alpha value is -3.36. The quantitative estimate of drug-likeness (QED) is 0.727. The second-order valence-electron chi connectivity index (χ2n) is 5.41. The number of benzene rings is 1. The fourth-order valence-electron chi connectivity index (χ4n) is 2.57. The van der Waals surface area contributed by atoms with Crippen LogP contribution in [0.3, 0.4) is 0 Å². The molecule has 130 valence electrons. The highest BCUT2D eigenvalue weighted by Crippen LogP contribution is 2.33. The molecular formula is C16H17N5O4. The van der Waals surface area contributed by atoms with Crippen LogP contribution in [-0.2, 0) is 14.1 Å². The van der Waals surface area contributed by atoms with Gasteiger partial charge in [-0.15, -0.1) is 0 Å². The monoisotopic (exact) mass is 343 g/mol. The van der Waals surface area contributed by atoms with E-state index < -0.39 is 11.2 Å². The van der Waals surface area contributed by atoms with Crippen molar-refractivity contribution in [2.75, 3.05) is 20.0 Å². The Morgan fingerprint density at radius 3 is 2.32 bits per heavy atom. The number of fused-ring (bicyclic) bond motifs is 1. The van der Waals surface area contributed by atoms with Crippen LogP contribution in [0.2, 0.25) is 0 Å². The minimum Gasteiger partial charge on any atom is -0.493 e. The van der Waals surface area contributed by atoms with Crippen molar-refractivity contribution in [3.05, 3.63) is 39.0 Å². The number of nitrogens with zero attached hydrogens (tertiary/aromatic N) is 4. The number of nitrogen functional groups attached to an aromatic ring is 1. The molecule has 0 aliphatic heterocycles. The van der Waals surface area contributed by atoms with Gasteiger partial charge in [-0.3, -0.25) is 13.9 Å². The Kier molecular flexibility index (Phi) is 3.91. The van der Waals surface area contributed by atoms with Crippen molar-refractivity contribution >= 4 is 17.0 Å². The van der Waals surface area contributed by atoms with Gasteiger partial charge in [0.1, 0.15) is 5.69 Å². The lowest BCUT2D eigenvalue weighted by atomic mass is 10.1. The van der Waals surface area contributed by atoms with E-state index in [1.165, 1.54) is 32.9 Å². The minimum absolute atomic E-state index is 0.0589. The maximum absolute atomic E-state index is 12.4. The van der Waals surface area contributed by atoms with Gasteiger partial charge in [0.25, 0.3) is 5.56 Å². The van der Waals surface area contributed by atoms with Gasteiger partial charge in [0.15, 0.2) is 28.5 Å². The minimum atomic E-state index is -0.535. The topological polar surface area (TPSA) is 114 Å². The molecule has 1 aromatic carbocycles. The number of hydrogen-bond acceptors (Lipinski definition) is 7. The number of rotatable bonds is 3. The SMILES string of the molecule is COc1ccc(-c2nc3c(=O)n(C)c(=O)n(C)c3nc2N)cc1OC. The number of methoxy groups -OCH3 is 2. The van der Waals surface area contributed by atoms with Crippen molar-refractivity contribution in [2.24, 2.45) is 14.1 Å². The van der Waals surface area contributed by atoms with Gasteiger partial charge in [0.2, 0.25) is 0 Å². The zero-order valence-corrected chi connectivity index (χ0v) is 14.2. The third-order valence-corrected chi connectivity index (χ3v) is 3.96. The first-order valence-corrected chi connectivity index (χ1v) is 7.34. The highest BCUT2D eigenvalue weighted by Gasteiger charge is 2.17. The Bertz CT molecular complexity index is 1100. The molecule has 2 aromatic heterocycles. The molecule has 25 heavy (non-hydrogen) atoms. The highest BCUT2D eigenvalue weighted by molar-refractivity contribution is 5.80. The summed E-state index contributed by atoms with van der Waals surface area (Å²) in [7, 11) is 5.95. The first-order chi connectivity index (χ1) is 11.9. The van der Waals surface area contributed by atoms with Gasteiger partial charge in [-0.2, -0.15) is 0 Å². The maximum Gasteiger partial charge on any atom is 0.332 e. The Balaban J connectivity index is 2.33. The lowest BCUT2D eigenvalue weighted by molar-refractivity contribution is 0.355. The molecule has 0 radical (unpaired) electrons. The number of nitrogens with two attached hydrogens (primary N) is 1. The molecule has 0 saturated heterocycles. The molecule has 0 bridgehead atoms. The highest BCUT2D eigenvalue weighted by atomic mass is 16.5. The average molecular weight is 343 g/mol. The van der Waals surface area contributed by atoms with Gasteiger partial charge in [-0.1, -0.05) is 0 Å². The first kappa shape index (κ1) is 16.5. The summed E-state index contributed by atoms with van der Waals surface area (Å²) in [6, 6.07) is 5.13. The number of aromatic nitrogens is 4. The standard InChI is InChI=1S/C16H17N5O4/c1-20-14-12(15(22)21(2)16(20)23)18-11(13(17)19-14)8-5-6-9(24-3)10(7-8)25-4/h5-7H,1-4H3,(H2,17,19). The van der Waals surface area contributed by atoms with E-state index in [2.05, 4.69) is 9.97 Å². The second-order valence-corrected chi connectivity index (χ2v) is 5.41. The third-order valence-electron chi connectivity index (χ3n) is 3.96. The van der Waals surface area contributed by atoms with E-state index in [0.717, 1.165) is 4.57 Å². The largest absolute Gasteiger partial charge is 0.493 e. The van der Waals surface area contributed by atoms with Gasteiger partial charge in [0.05, 0.1) is 14.2 Å². The van der Waals surface area contributed by atoms with Crippen molar-refractivity contribution in [1.82, 2.24) is 19.1 Å². The van der Waals surface area contributed by atoms with E-state index in [1.54, 1.807) is 18.2 Å². The lowest BCUT2D eigenvalue weighted by Gasteiger charge is -2.12. The van der Waals surface area contributed by atoms with E-state index in [4.69, 9.17) is 15.2 Å². The average Bonchev–Trinajstić information content (AvgIpc) is 2.63. The molecule has 0 fully saturated rings. The van der Waals surface area contributed by atoms with E-state index >= 15 is 0 Å². The predicted molar refractivity (Wildman–Crippen MR) is 93.0 cm³/mol. The molecule has 3 rings (SSSR count). The van der Waals surface area contributed by atoms with Gasteiger partial charge in [0, 0.05) is 19.7 Å². The maximum atomic E-state index is 12.4. The van der Waals surface area contributed by atoms with Crippen molar-refractivity contribution < 1.29 is 9.47 Å². The summed E-state index contributed by atoms with van der Waals surface area (Å²) in [6.07, 6.45) is 0. The van der Waals surface area contributed by atoms with Crippen LogP contribution in [0.4, 0.5) is 5.82 Å². The Labute approximate surface area is 142 Å². The van der Waals surface area contributed by atoms with Crippen LogP contribution >= 0.6 is 0 Å². The van der Waals surface area contributed by atoms with Crippen molar-refractivity contribution in [2.45, 2.75) is 0 Å². The summed E-state index contributed by atoms with van der Waals surface area (Å²) >= 11 is 0. The predicted octanol–water partition coefficient (Wildman–Crippen LogP) is 0.294. The molecule has 0 amide bonds. The fourth-order valence-corrected chi connectivity index (χ4v) is 2.57. The van der Waals surface area contributed by atoms with Crippen LogP contribution in [-0.4, -0.2) is 33.3 Å². The number of ether oxygens (including phenoxy) is 2. The smallest absolute Gasteiger partial charge is 0.332 e. The molecule has 0 aliphatic carbocycles. The zero-order valence-electron chi connectivity index (χ0n) is 14.2. The molecule has 0 spiro atoms. The zero-order chi connectivity index (χ0) is 18.3. The molecule has 0 unspecified atom stereocenters. The fraction of sp³-hybridized carbons (Fsp3) is 0.250. The summed E-state index contributed by atoms with van der Waals surface area (Å²) in [5.74, 6) is 1.15. The number of anilines is 1. The molecule has 3 aromatic rings. The molecule has 9 nitrogen and oxygen atoms in total. The molecular weight excluding hydrogens is 326 g/mol. The van der Waals surface area contributed by atoms with E-state index in [-0.39, 0.29) is 17.0 Å². The summed E-state index contributed by atoms with van der Waals surface area (Å²) in [5.41, 5.74) is 6.12. The molecule has 2 N–H and O–H groups in total. The summed E-state index contributed by atoms with van der Waals surface area (Å²) in [4.78, 5) is 33.0. The molecule has 0 atom stereocenters. The second kappa shape index (κ2) is 5.93. The van der Waals surface area contributed by atoms with Crippen LogP contribution < -0.4 is 26.5 Å². The van der Waals surface area contributed by atoms with Gasteiger partial charge < -0.3 is 15.2 Å². The van der Waals surface area contributed by atoms with Crippen molar-refractivity contribution in [3.63, 3.8) is 0 Å². The number of aryl methyl sites for hydroxylation is 1. The normalized spacial score (nSPS) is 10.9. The first-order valence-electron chi connectivity index (χ1n) is 7.34. The summed E-state index contributed by atoms with van der Waals surface area (Å²) in [6.45, 7) is 0. The third kappa shape index (κ3) is 2.49. The lowest BCUT2D eigenvalue weighted by Crippen LogP contribution is -2.37. The van der Waals surface area contributed by atoms with E-state index in [0.29, 0.717) is 22.8 Å².